The van der Waals surface area contributed by atoms with Crippen molar-refractivity contribution in [3.8, 4) is 61.7 Å². The zero-order valence-corrected chi connectivity index (χ0v) is 30.2. The molecule has 53 heavy (non-hydrogen) atoms. The van der Waals surface area contributed by atoms with Gasteiger partial charge in [0.1, 0.15) is 5.82 Å². The minimum absolute atomic E-state index is 0.00874. The molecule has 0 spiro atoms. The molecule has 0 amide bonds. The maximum absolute atomic E-state index is 5.60. The van der Waals surface area contributed by atoms with Crippen LogP contribution in [0.4, 0.5) is 0 Å². The fourth-order valence-electron chi connectivity index (χ4n) is 7.47. The quantitative estimate of drug-likeness (QED) is 0.175. The summed E-state index contributed by atoms with van der Waals surface area (Å²) < 4.78 is 2.38. The summed E-state index contributed by atoms with van der Waals surface area (Å²) in [7, 11) is 0. The van der Waals surface area contributed by atoms with Crippen molar-refractivity contribution in [2.75, 3.05) is 0 Å². The molecule has 2 heterocycles. The fraction of sp³-hybridized carbons (Fsp3) is 0.0800. The second-order valence-electron chi connectivity index (χ2n) is 14.7. The lowest BCUT2D eigenvalue weighted by molar-refractivity contribution is 0.590. The summed E-state index contributed by atoms with van der Waals surface area (Å²) >= 11 is 0. The Morgan fingerprint density at radius 1 is 0.472 bits per heavy atom. The van der Waals surface area contributed by atoms with Crippen LogP contribution in [0.25, 0.3) is 83.5 Å². The number of pyridine rings is 1. The van der Waals surface area contributed by atoms with Crippen LogP contribution in [0, 0.1) is 0 Å². The van der Waals surface area contributed by atoms with Gasteiger partial charge in [-0.1, -0.05) is 160 Å². The van der Waals surface area contributed by atoms with Crippen molar-refractivity contribution in [1.29, 1.82) is 0 Å². The molecule has 9 aromatic rings. The number of para-hydroxylation sites is 1. The third kappa shape index (κ3) is 6.00. The first-order chi connectivity index (χ1) is 25.9. The molecule has 0 aliphatic rings. The predicted octanol–water partition coefficient (Wildman–Crippen LogP) is 13.2. The molecule has 0 radical (unpaired) electrons. The Kier molecular flexibility index (Phi) is 8.05. The molecule has 254 valence electrons. The molecule has 0 saturated heterocycles. The molecule has 0 N–H and O–H groups in total. The van der Waals surface area contributed by atoms with Crippen LogP contribution in [0.15, 0.2) is 182 Å². The molecule has 0 saturated carbocycles. The summed E-state index contributed by atoms with van der Waals surface area (Å²) in [6.45, 7) is 6.83. The van der Waals surface area contributed by atoms with E-state index in [2.05, 4.69) is 195 Å². The van der Waals surface area contributed by atoms with Gasteiger partial charge in [0.15, 0.2) is 0 Å². The van der Waals surface area contributed by atoms with Crippen LogP contribution in [-0.4, -0.2) is 14.5 Å². The van der Waals surface area contributed by atoms with E-state index >= 15 is 0 Å². The number of rotatable bonds is 6. The summed E-state index contributed by atoms with van der Waals surface area (Å²) in [4.78, 5) is 10.4. The minimum Gasteiger partial charge on any atom is -0.292 e. The van der Waals surface area contributed by atoms with Crippen LogP contribution >= 0.6 is 0 Å². The molecule has 0 unspecified atom stereocenters. The SMILES string of the molecule is CC(C)(C)c1ccc(-n2c(-c3cccc4ccccc34)nc3c(-c4cccc(-c5cc(-c6ccccc6)ccn5)c4)cccc32)c(-c2ccccc2)c1. The Bertz CT molecular complexity index is 2750. The maximum atomic E-state index is 5.60. The van der Waals surface area contributed by atoms with E-state index in [0.717, 1.165) is 56.1 Å². The van der Waals surface area contributed by atoms with Crippen molar-refractivity contribution in [1.82, 2.24) is 14.5 Å². The Balaban J connectivity index is 1.29. The van der Waals surface area contributed by atoms with Crippen LogP contribution < -0.4 is 0 Å². The molecule has 7 aromatic carbocycles. The number of nitrogens with zero attached hydrogens (tertiary/aromatic N) is 3. The average molecular weight is 682 g/mol. The lowest BCUT2D eigenvalue weighted by atomic mass is 9.85. The molecule has 2 aromatic heterocycles. The van der Waals surface area contributed by atoms with E-state index in [0.29, 0.717) is 0 Å². The third-order valence-corrected chi connectivity index (χ3v) is 10.2. The molecule has 0 atom stereocenters. The summed E-state index contributed by atoms with van der Waals surface area (Å²) in [5.41, 5.74) is 14.3. The lowest BCUT2D eigenvalue weighted by Gasteiger charge is -2.23. The van der Waals surface area contributed by atoms with Gasteiger partial charge in [0.05, 0.1) is 22.4 Å². The molecular formula is C50H39N3. The normalized spacial score (nSPS) is 11.7. The zero-order valence-electron chi connectivity index (χ0n) is 30.2. The summed E-state index contributed by atoms with van der Waals surface area (Å²) in [6, 6.07) is 62.8. The van der Waals surface area contributed by atoms with Gasteiger partial charge < -0.3 is 0 Å². The largest absolute Gasteiger partial charge is 0.292 e. The third-order valence-electron chi connectivity index (χ3n) is 10.2. The van der Waals surface area contributed by atoms with Gasteiger partial charge in [-0.15, -0.1) is 0 Å². The first kappa shape index (κ1) is 32.3. The highest BCUT2D eigenvalue weighted by Crippen LogP contribution is 2.41. The van der Waals surface area contributed by atoms with Crippen molar-refractivity contribution in [2.45, 2.75) is 26.2 Å². The van der Waals surface area contributed by atoms with Gasteiger partial charge >= 0.3 is 0 Å². The monoisotopic (exact) mass is 681 g/mol. The summed E-state index contributed by atoms with van der Waals surface area (Å²) in [5, 5.41) is 2.36. The minimum atomic E-state index is -0.00874. The summed E-state index contributed by atoms with van der Waals surface area (Å²) in [5.74, 6) is 0.915. The number of benzene rings is 7. The van der Waals surface area contributed by atoms with Crippen molar-refractivity contribution in [3.05, 3.63) is 188 Å². The standard InChI is InChI=1S/C50H39N3/c1-50(2,3)40-27-28-46(44(33-40)36-17-8-5-9-18-36)53-47-26-14-24-42(48(47)52-49(53)43-25-13-20-35-19-10-11-23-41(35)43)38-21-12-22-39(31-38)45-32-37(29-30-51-45)34-15-6-4-7-16-34/h4-33H,1-3H3. The predicted molar refractivity (Wildman–Crippen MR) is 222 cm³/mol. The fourth-order valence-corrected chi connectivity index (χ4v) is 7.47. The molecule has 3 nitrogen and oxygen atoms in total. The van der Waals surface area contributed by atoms with E-state index in [1.165, 1.54) is 33.0 Å². The molecule has 0 fully saturated rings. The number of fused-ring (bicyclic) bond motifs is 2. The second kappa shape index (κ2) is 13.2. The maximum Gasteiger partial charge on any atom is 0.146 e. The van der Waals surface area contributed by atoms with Crippen LogP contribution in [-0.2, 0) is 5.41 Å². The van der Waals surface area contributed by atoms with E-state index in [-0.39, 0.29) is 5.41 Å². The Morgan fingerprint density at radius 3 is 1.94 bits per heavy atom. The topological polar surface area (TPSA) is 30.7 Å². The smallest absolute Gasteiger partial charge is 0.146 e. The molecule has 0 bridgehead atoms. The van der Waals surface area contributed by atoms with Crippen LogP contribution in [0.2, 0.25) is 0 Å². The number of aromatic nitrogens is 3. The molecule has 9 rings (SSSR count). The van der Waals surface area contributed by atoms with Crippen molar-refractivity contribution in [3.63, 3.8) is 0 Å². The molecule has 0 aliphatic carbocycles. The van der Waals surface area contributed by atoms with Crippen LogP contribution in [0.3, 0.4) is 0 Å². The second-order valence-corrected chi connectivity index (χ2v) is 14.7. The highest BCUT2D eigenvalue weighted by Gasteiger charge is 2.23. The molecular weight excluding hydrogens is 643 g/mol. The number of hydrogen-bond donors (Lipinski definition) is 0. The van der Waals surface area contributed by atoms with Crippen LogP contribution in [0.5, 0.6) is 0 Å². The van der Waals surface area contributed by atoms with Crippen molar-refractivity contribution in [2.24, 2.45) is 0 Å². The lowest BCUT2D eigenvalue weighted by Crippen LogP contribution is -2.12. The van der Waals surface area contributed by atoms with Crippen molar-refractivity contribution < 1.29 is 0 Å². The van der Waals surface area contributed by atoms with Gasteiger partial charge in [0, 0.05) is 28.5 Å². The van der Waals surface area contributed by atoms with Crippen molar-refractivity contribution >= 4 is 21.8 Å². The zero-order chi connectivity index (χ0) is 35.9. The van der Waals surface area contributed by atoms with Crippen LogP contribution in [0.1, 0.15) is 26.3 Å². The number of hydrogen-bond acceptors (Lipinski definition) is 2. The van der Waals surface area contributed by atoms with E-state index < -0.39 is 0 Å². The van der Waals surface area contributed by atoms with Gasteiger partial charge in [0.25, 0.3) is 0 Å². The molecule has 3 heteroatoms. The highest BCUT2D eigenvalue weighted by molar-refractivity contribution is 6.01. The van der Waals surface area contributed by atoms with Gasteiger partial charge in [0.2, 0.25) is 0 Å². The number of imidazole rings is 1. The average Bonchev–Trinajstić information content (AvgIpc) is 3.60. The molecule has 0 aliphatic heterocycles. The van der Waals surface area contributed by atoms with Gasteiger partial charge in [-0.05, 0) is 80.4 Å². The highest BCUT2D eigenvalue weighted by atomic mass is 15.1. The van der Waals surface area contributed by atoms with E-state index in [9.17, 15) is 0 Å². The van der Waals surface area contributed by atoms with E-state index in [4.69, 9.17) is 9.97 Å². The van der Waals surface area contributed by atoms with E-state index in [1.54, 1.807) is 0 Å². The van der Waals surface area contributed by atoms with E-state index in [1.807, 2.05) is 12.3 Å². The van der Waals surface area contributed by atoms with Gasteiger partial charge in [-0.2, -0.15) is 0 Å². The first-order valence-electron chi connectivity index (χ1n) is 18.2. The Hall–Kier alpha value is -6.58. The Labute approximate surface area is 310 Å². The Morgan fingerprint density at radius 2 is 1.13 bits per heavy atom. The van der Waals surface area contributed by atoms with Gasteiger partial charge in [-0.3, -0.25) is 9.55 Å². The van der Waals surface area contributed by atoms with Gasteiger partial charge in [-0.25, -0.2) is 4.98 Å². The first-order valence-corrected chi connectivity index (χ1v) is 18.2. The summed E-state index contributed by atoms with van der Waals surface area (Å²) in [6.07, 6.45) is 1.90.